The number of carbonyl (C=O) groups excluding carboxylic acids is 1. The summed E-state index contributed by atoms with van der Waals surface area (Å²) in [4.78, 5) is 40.6. The Morgan fingerprint density at radius 1 is 1.32 bits per heavy atom. The van der Waals surface area contributed by atoms with Crippen molar-refractivity contribution in [3.63, 3.8) is 0 Å². The molecule has 0 bridgehead atoms. The second-order valence-electron chi connectivity index (χ2n) is 7.08. The monoisotopic (exact) mass is 436 g/mol. The summed E-state index contributed by atoms with van der Waals surface area (Å²) in [6, 6.07) is -1.06. The number of amides is 1. The van der Waals surface area contributed by atoms with Crippen LogP contribution in [0.15, 0.2) is 17.6 Å². The normalized spacial score (nSPS) is 11.7. The molecule has 0 aliphatic carbocycles. The van der Waals surface area contributed by atoms with Gasteiger partial charge < -0.3 is 31.5 Å². The third kappa shape index (κ3) is 7.28. The number of anilines is 1. The summed E-state index contributed by atoms with van der Waals surface area (Å²) in [7, 11) is 3.82. The number of H-pyrrole nitrogens is 1. The van der Waals surface area contributed by atoms with Gasteiger partial charge in [0.25, 0.3) is 0 Å². The molecule has 2 aromatic heterocycles. The molecule has 0 aromatic carbocycles. The second kappa shape index (κ2) is 11.5. The SMILES string of the molecule is CN(C)c1ncnc2c1[nH]c[n+]2CCCCOC(=O)N[C@@H](CCCN=C(N)N)C(=O)O. The molecule has 2 heterocycles. The summed E-state index contributed by atoms with van der Waals surface area (Å²) in [5.41, 5.74) is 12.1. The second-order valence-corrected chi connectivity index (χ2v) is 7.08. The lowest BCUT2D eigenvalue weighted by atomic mass is 10.1. The summed E-state index contributed by atoms with van der Waals surface area (Å²) in [6.45, 7) is 1.14. The van der Waals surface area contributed by atoms with Crippen LogP contribution in [0.25, 0.3) is 11.2 Å². The quantitative estimate of drug-likeness (QED) is 0.124. The minimum atomic E-state index is -1.14. The van der Waals surface area contributed by atoms with Crippen molar-refractivity contribution in [2.45, 2.75) is 38.3 Å². The lowest BCUT2D eigenvalue weighted by Crippen LogP contribution is -2.41. The highest BCUT2D eigenvalue weighted by molar-refractivity contribution is 5.80. The lowest BCUT2D eigenvalue weighted by molar-refractivity contribution is -0.673. The lowest BCUT2D eigenvalue weighted by Gasteiger charge is -2.14. The summed E-state index contributed by atoms with van der Waals surface area (Å²) >= 11 is 0. The van der Waals surface area contributed by atoms with Gasteiger partial charge >= 0.3 is 17.7 Å². The Bertz CT molecular complexity index is 909. The van der Waals surface area contributed by atoms with Crippen molar-refractivity contribution in [2.24, 2.45) is 16.5 Å². The summed E-state index contributed by atoms with van der Waals surface area (Å²) in [5.74, 6) is -0.401. The molecule has 0 fully saturated rings. The van der Waals surface area contributed by atoms with E-state index in [2.05, 4.69) is 25.3 Å². The zero-order chi connectivity index (χ0) is 22.8. The van der Waals surface area contributed by atoms with Gasteiger partial charge in [0.2, 0.25) is 5.52 Å². The number of imidazole rings is 1. The van der Waals surface area contributed by atoms with Crippen LogP contribution in [0.2, 0.25) is 0 Å². The Morgan fingerprint density at radius 3 is 2.77 bits per heavy atom. The van der Waals surface area contributed by atoms with Crippen molar-refractivity contribution in [3.8, 4) is 0 Å². The molecule has 31 heavy (non-hydrogen) atoms. The molecule has 0 saturated carbocycles. The number of carbonyl (C=O) groups is 2. The first-order valence-corrected chi connectivity index (χ1v) is 9.90. The van der Waals surface area contributed by atoms with Gasteiger partial charge in [-0.25, -0.2) is 14.2 Å². The Labute approximate surface area is 179 Å². The predicted octanol–water partition coefficient (Wildman–Crippen LogP) is -0.675. The standard InChI is InChI=1S/C18H29N9O4/c1-26(2)14-13-15(23-10-22-14)27(11-24-13)8-3-4-9-31-18(30)25-12(16(28)29)6-5-7-21-17(19)20/h10-12H,3-9H2,1-2H3,(H6,19,20,21,25,28,29,30)/p+1/t12-/m0/s1. The number of nitrogens with zero attached hydrogens (tertiary/aromatic N) is 5. The number of carboxylic acid groups (broad SMARTS) is 1. The van der Waals surface area contributed by atoms with Gasteiger partial charge in [-0.2, -0.15) is 4.98 Å². The molecule has 2 aromatic rings. The number of hydrogen-bond donors (Lipinski definition) is 5. The van der Waals surface area contributed by atoms with Crippen molar-refractivity contribution >= 4 is 35.0 Å². The van der Waals surface area contributed by atoms with Crippen molar-refractivity contribution in [3.05, 3.63) is 12.7 Å². The van der Waals surface area contributed by atoms with Crippen LogP contribution in [0.4, 0.5) is 10.6 Å². The first-order chi connectivity index (χ1) is 14.8. The average Bonchev–Trinajstić information content (AvgIpc) is 3.12. The molecule has 7 N–H and O–H groups in total. The van der Waals surface area contributed by atoms with Crippen LogP contribution in [-0.4, -0.2) is 71.4 Å². The van der Waals surface area contributed by atoms with E-state index >= 15 is 0 Å². The third-order valence-corrected chi connectivity index (χ3v) is 4.43. The molecule has 0 spiro atoms. The molecule has 1 amide bonds. The molecular formula is C18H30N9O4+. The maximum Gasteiger partial charge on any atom is 0.407 e. The Balaban J connectivity index is 1.73. The van der Waals surface area contributed by atoms with E-state index in [1.165, 1.54) is 6.33 Å². The van der Waals surface area contributed by atoms with Crippen LogP contribution < -0.4 is 26.3 Å². The first kappa shape index (κ1) is 23.6. The van der Waals surface area contributed by atoms with E-state index in [-0.39, 0.29) is 25.5 Å². The fourth-order valence-electron chi connectivity index (χ4n) is 2.92. The molecule has 13 heteroatoms. The summed E-state index contributed by atoms with van der Waals surface area (Å²) in [6.07, 6.45) is 4.54. The number of unbranched alkanes of at least 4 members (excludes halogenated alkanes) is 1. The van der Waals surface area contributed by atoms with Crippen molar-refractivity contribution in [2.75, 3.05) is 32.1 Å². The number of aliphatic carboxylic acids is 1. The maximum atomic E-state index is 11.9. The number of alkyl carbamates (subject to hydrolysis) is 1. The minimum Gasteiger partial charge on any atom is -0.480 e. The molecule has 170 valence electrons. The number of nitrogens with one attached hydrogen (secondary N) is 2. The van der Waals surface area contributed by atoms with Crippen LogP contribution in [-0.2, 0) is 16.1 Å². The summed E-state index contributed by atoms with van der Waals surface area (Å²) in [5, 5.41) is 11.6. The van der Waals surface area contributed by atoms with Crippen LogP contribution in [0.3, 0.4) is 0 Å². The fourth-order valence-corrected chi connectivity index (χ4v) is 2.92. The molecule has 1 atom stereocenters. The van der Waals surface area contributed by atoms with Gasteiger partial charge in [0.05, 0.1) is 13.2 Å². The van der Waals surface area contributed by atoms with Gasteiger partial charge in [-0.1, -0.05) is 4.98 Å². The number of rotatable bonds is 12. The van der Waals surface area contributed by atoms with Gasteiger partial charge in [0, 0.05) is 20.6 Å². The molecule has 0 aliphatic rings. The van der Waals surface area contributed by atoms with Crippen LogP contribution in [0.5, 0.6) is 0 Å². The number of aryl methyl sites for hydroxylation is 1. The number of nitrogens with two attached hydrogens (primary N) is 2. The number of aliphatic imine (C=N–C) groups is 1. The van der Waals surface area contributed by atoms with E-state index < -0.39 is 18.1 Å². The number of ether oxygens (including phenoxy) is 1. The number of aromatic nitrogens is 4. The van der Waals surface area contributed by atoms with Gasteiger partial charge in [0.15, 0.2) is 24.4 Å². The topological polar surface area (TPSA) is 189 Å². The fraction of sp³-hybridized carbons (Fsp3) is 0.556. The van der Waals surface area contributed by atoms with E-state index in [1.54, 1.807) is 0 Å². The first-order valence-electron chi connectivity index (χ1n) is 9.90. The molecule has 2 rings (SSSR count). The van der Waals surface area contributed by atoms with Crippen LogP contribution in [0.1, 0.15) is 25.7 Å². The highest BCUT2D eigenvalue weighted by Crippen LogP contribution is 2.16. The highest BCUT2D eigenvalue weighted by atomic mass is 16.5. The van der Waals surface area contributed by atoms with E-state index in [4.69, 9.17) is 16.2 Å². The van der Waals surface area contributed by atoms with E-state index in [9.17, 15) is 14.7 Å². The number of guanidine groups is 1. The van der Waals surface area contributed by atoms with Gasteiger partial charge in [-0.15, -0.1) is 0 Å². The molecule has 0 unspecified atom stereocenters. The Kier molecular flexibility index (Phi) is 8.78. The smallest absolute Gasteiger partial charge is 0.407 e. The predicted molar refractivity (Wildman–Crippen MR) is 113 cm³/mol. The molecule has 0 aliphatic heterocycles. The van der Waals surface area contributed by atoms with Crippen LogP contribution in [0, 0.1) is 0 Å². The van der Waals surface area contributed by atoms with Gasteiger partial charge in [-0.3, -0.25) is 9.98 Å². The number of hydrogen-bond acceptors (Lipinski definition) is 7. The van der Waals surface area contributed by atoms with E-state index in [1.807, 2.05) is 29.9 Å². The maximum absolute atomic E-state index is 11.9. The van der Waals surface area contributed by atoms with Crippen molar-refractivity contribution in [1.82, 2.24) is 20.3 Å². The van der Waals surface area contributed by atoms with Crippen molar-refractivity contribution < 1.29 is 24.0 Å². The number of fused-ring (bicyclic) bond motifs is 1. The van der Waals surface area contributed by atoms with E-state index in [0.29, 0.717) is 19.4 Å². The van der Waals surface area contributed by atoms with Crippen LogP contribution >= 0.6 is 0 Å². The Morgan fingerprint density at radius 2 is 2.10 bits per heavy atom. The zero-order valence-corrected chi connectivity index (χ0v) is 17.7. The van der Waals surface area contributed by atoms with Crippen molar-refractivity contribution in [1.29, 1.82) is 0 Å². The Hall–Kier alpha value is -3.64. The van der Waals surface area contributed by atoms with E-state index in [0.717, 1.165) is 23.4 Å². The van der Waals surface area contributed by atoms with Gasteiger partial charge in [-0.05, 0) is 25.7 Å². The van der Waals surface area contributed by atoms with Gasteiger partial charge in [0.1, 0.15) is 6.04 Å². The molecular weight excluding hydrogens is 406 g/mol. The zero-order valence-electron chi connectivity index (χ0n) is 17.7. The molecule has 13 nitrogen and oxygen atoms in total. The average molecular weight is 436 g/mol. The largest absolute Gasteiger partial charge is 0.480 e. The third-order valence-electron chi connectivity index (χ3n) is 4.43. The number of aromatic amines is 1. The number of carboxylic acids is 1. The molecule has 0 radical (unpaired) electrons. The highest BCUT2D eigenvalue weighted by Gasteiger charge is 2.20. The minimum absolute atomic E-state index is 0.0596. The molecule has 0 saturated heterocycles. The summed E-state index contributed by atoms with van der Waals surface area (Å²) < 4.78 is 7.07.